The van der Waals surface area contributed by atoms with E-state index in [9.17, 15) is 9.90 Å². The Morgan fingerprint density at radius 3 is 2.78 bits per heavy atom. The Morgan fingerprint density at radius 2 is 2.16 bits per heavy atom. The standard InChI is InChI=1S/C23H37N7O2/c1-5-8-9-21(25-15-22-28-26-17-30(22)19-10-11-19)27-23(32)20(24-13-6-2)12-14-29(7-3)16-18(4)31/h8-9,12-13,17-19,31H,5-7,10-11,14-16H2,1-4H3,(H,25,27,32)/b9-8-,20-12-,24-13?. The molecule has 1 fully saturated rings. The van der Waals surface area contributed by atoms with E-state index in [-0.39, 0.29) is 5.91 Å². The Kier molecular flexibility index (Phi) is 11.0. The van der Waals surface area contributed by atoms with Crippen molar-refractivity contribution in [3.05, 3.63) is 36.1 Å². The lowest BCUT2D eigenvalue weighted by Gasteiger charge is -2.20. The summed E-state index contributed by atoms with van der Waals surface area (Å²) in [7, 11) is 0. The summed E-state index contributed by atoms with van der Waals surface area (Å²) in [4.78, 5) is 24.0. The molecule has 1 amide bonds. The van der Waals surface area contributed by atoms with Crippen LogP contribution in [0, 0.1) is 0 Å². The predicted octanol–water partition coefficient (Wildman–Crippen LogP) is 2.66. The monoisotopic (exact) mass is 443 g/mol. The maximum absolute atomic E-state index is 13.0. The summed E-state index contributed by atoms with van der Waals surface area (Å²) < 4.78 is 2.06. The van der Waals surface area contributed by atoms with Crippen molar-refractivity contribution in [3.8, 4) is 0 Å². The molecule has 9 nitrogen and oxygen atoms in total. The first-order valence-corrected chi connectivity index (χ1v) is 11.5. The van der Waals surface area contributed by atoms with Crippen LogP contribution in [0.2, 0.25) is 0 Å². The van der Waals surface area contributed by atoms with Crippen LogP contribution in [0.4, 0.5) is 0 Å². The molecular weight excluding hydrogens is 406 g/mol. The minimum Gasteiger partial charge on any atom is -0.392 e. The van der Waals surface area contributed by atoms with Gasteiger partial charge in [0, 0.05) is 25.3 Å². The third kappa shape index (κ3) is 8.84. The first-order chi connectivity index (χ1) is 15.5. The Bertz CT molecular complexity index is 835. The number of aromatic nitrogens is 3. The van der Waals surface area contributed by atoms with Gasteiger partial charge in [-0.15, -0.1) is 10.2 Å². The van der Waals surface area contributed by atoms with Crippen LogP contribution in [0.25, 0.3) is 0 Å². The molecule has 32 heavy (non-hydrogen) atoms. The molecule has 0 bridgehead atoms. The van der Waals surface area contributed by atoms with Crippen molar-refractivity contribution in [2.75, 3.05) is 19.6 Å². The fraction of sp³-hybridized carbons (Fsp3) is 0.609. The second kappa shape index (κ2) is 13.7. The van der Waals surface area contributed by atoms with E-state index in [1.165, 1.54) is 0 Å². The quantitative estimate of drug-likeness (QED) is 0.277. The molecule has 1 aliphatic carbocycles. The van der Waals surface area contributed by atoms with Crippen molar-refractivity contribution in [1.29, 1.82) is 0 Å². The zero-order valence-corrected chi connectivity index (χ0v) is 19.7. The molecule has 1 aliphatic rings. The Labute approximate surface area is 191 Å². The lowest BCUT2D eigenvalue weighted by atomic mass is 10.3. The molecule has 0 aliphatic heterocycles. The van der Waals surface area contributed by atoms with E-state index in [0.29, 0.717) is 37.2 Å². The normalized spacial score (nSPS) is 16.4. The van der Waals surface area contributed by atoms with Crippen LogP contribution in [-0.4, -0.2) is 68.5 Å². The van der Waals surface area contributed by atoms with Gasteiger partial charge in [-0.1, -0.05) is 26.8 Å². The van der Waals surface area contributed by atoms with Gasteiger partial charge in [-0.3, -0.25) is 19.7 Å². The lowest BCUT2D eigenvalue weighted by Crippen LogP contribution is -2.33. The highest BCUT2D eigenvalue weighted by atomic mass is 16.3. The summed E-state index contributed by atoms with van der Waals surface area (Å²) in [6, 6.07) is 0.473. The number of amides is 1. The Hall–Kier alpha value is -2.65. The highest BCUT2D eigenvalue weighted by molar-refractivity contribution is 6.10. The summed E-state index contributed by atoms with van der Waals surface area (Å²) in [6.07, 6.45) is 12.4. The molecule has 0 radical (unpaired) electrons. The lowest BCUT2D eigenvalue weighted by molar-refractivity contribution is -0.116. The molecular formula is C23H37N7O2. The first-order valence-electron chi connectivity index (χ1n) is 11.5. The maximum Gasteiger partial charge on any atom is 0.275 e. The molecule has 1 saturated carbocycles. The van der Waals surface area contributed by atoms with Crippen molar-refractivity contribution >= 4 is 18.0 Å². The molecule has 1 heterocycles. The number of nitrogens with one attached hydrogen (secondary N) is 1. The molecule has 176 valence electrons. The van der Waals surface area contributed by atoms with Crippen LogP contribution in [0.1, 0.15) is 65.2 Å². The van der Waals surface area contributed by atoms with Crippen LogP contribution >= 0.6 is 0 Å². The van der Waals surface area contributed by atoms with E-state index in [4.69, 9.17) is 0 Å². The van der Waals surface area contributed by atoms with Gasteiger partial charge in [0.1, 0.15) is 24.4 Å². The molecule has 1 aromatic heterocycles. The van der Waals surface area contributed by atoms with Crippen LogP contribution in [0.3, 0.4) is 0 Å². The van der Waals surface area contributed by atoms with Crippen molar-refractivity contribution in [3.63, 3.8) is 0 Å². The number of hydrogen-bond donors (Lipinski definition) is 2. The molecule has 0 spiro atoms. The molecule has 1 unspecified atom stereocenters. The number of amidine groups is 1. The number of carbonyl (C=O) groups excluding carboxylic acids is 1. The largest absolute Gasteiger partial charge is 0.392 e. The van der Waals surface area contributed by atoms with Gasteiger partial charge in [-0.05, 0) is 51.3 Å². The number of hydrogen-bond acceptors (Lipinski definition) is 7. The topological polar surface area (TPSA) is 108 Å². The Balaban J connectivity index is 2.14. The van der Waals surface area contributed by atoms with Gasteiger partial charge in [0.2, 0.25) is 0 Å². The number of rotatable bonds is 13. The summed E-state index contributed by atoms with van der Waals surface area (Å²) in [5.74, 6) is 0.947. The van der Waals surface area contributed by atoms with Crippen LogP contribution in [0.5, 0.6) is 0 Å². The molecule has 0 aromatic carbocycles. The fourth-order valence-corrected chi connectivity index (χ4v) is 3.05. The maximum atomic E-state index is 13.0. The van der Waals surface area contributed by atoms with Gasteiger partial charge in [0.05, 0.1) is 6.10 Å². The van der Waals surface area contributed by atoms with Gasteiger partial charge < -0.3 is 15.0 Å². The van der Waals surface area contributed by atoms with Gasteiger partial charge in [0.15, 0.2) is 5.82 Å². The summed E-state index contributed by atoms with van der Waals surface area (Å²) in [5, 5.41) is 20.7. The van der Waals surface area contributed by atoms with E-state index < -0.39 is 6.10 Å². The van der Waals surface area contributed by atoms with E-state index in [0.717, 1.165) is 38.1 Å². The zero-order valence-electron chi connectivity index (χ0n) is 19.7. The highest BCUT2D eigenvalue weighted by Crippen LogP contribution is 2.35. The smallest absolute Gasteiger partial charge is 0.275 e. The van der Waals surface area contributed by atoms with Crippen molar-refractivity contribution < 1.29 is 9.90 Å². The first kappa shape index (κ1) is 25.6. The zero-order chi connectivity index (χ0) is 23.3. The van der Waals surface area contributed by atoms with Gasteiger partial charge in [0.25, 0.3) is 5.91 Å². The van der Waals surface area contributed by atoms with E-state index in [1.54, 1.807) is 25.5 Å². The van der Waals surface area contributed by atoms with Crippen LogP contribution in [-0.2, 0) is 11.3 Å². The van der Waals surface area contributed by atoms with Gasteiger partial charge >= 0.3 is 0 Å². The third-order valence-corrected chi connectivity index (χ3v) is 4.89. The minimum atomic E-state index is -0.435. The second-order valence-corrected chi connectivity index (χ2v) is 7.86. The SMILES string of the molecule is CCC=N/C(=C\CN(CC)CC(C)O)C(=O)NC(/C=C\CC)=NCc1nncn1C1CC1. The summed E-state index contributed by atoms with van der Waals surface area (Å²) in [6.45, 7) is 9.93. The van der Waals surface area contributed by atoms with E-state index in [1.807, 2.05) is 32.9 Å². The van der Waals surface area contributed by atoms with Crippen molar-refractivity contribution in [2.45, 2.75) is 72.1 Å². The number of carbonyl (C=O) groups is 1. The molecule has 1 aromatic rings. The molecule has 1 atom stereocenters. The third-order valence-electron chi connectivity index (χ3n) is 4.89. The van der Waals surface area contributed by atoms with Gasteiger partial charge in [-0.25, -0.2) is 0 Å². The van der Waals surface area contributed by atoms with Crippen molar-refractivity contribution in [2.24, 2.45) is 9.98 Å². The summed E-state index contributed by atoms with van der Waals surface area (Å²) >= 11 is 0. The molecule has 2 rings (SSSR count). The second-order valence-electron chi connectivity index (χ2n) is 7.86. The summed E-state index contributed by atoms with van der Waals surface area (Å²) in [5.41, 5.74) is 0.328. The van der Waals surface area contributed by atoms with Gasteiger partial charge in [-0.2, -0.15) is 0 Å². The minimum absolute atomic E-state index is 0.314. The average molecular weight is 444 g/mol. The molecule has 2 N–H and O–H groups in total. The number of allylic oxidation sites excluding steroid dienone is 1. The van der Waals surface area contributed by atoms with Crippen LogP contribution in [0.15, 0.2) is 40.2 Å². The van der Waals surface area contributed by atoms with E-state index >= 15 is 0 Å². The number of nitrogens with zero attached hydrogens (tertiary/aromatic N) is 6. The fourth-order valence-electron chi connectivity index (χ4n) is 3.05. The number of likely N-dealkylation sites (N-methyl/N-ethyl adjacent to an activating group) is 1. The average Bonchev–Trinajstić information content (AvgIpc) is 3.51. The van der Waals surface area contributed by atoms with Crippen molar-refractivity contribution in [1.82, 2.24) is 25.0 Å². The number of aliphatic hydroxyl groups is 1. The number of aliphatic hydroxyl groups excluding tert-OH is 1. The highest BCUT2D eigenvalue weighted by Gasteiger charge is 2.25. The van der Waals surface area contributed by atoms with Crippen LogP contribution < -0.4 is 5.32 Å². The van der Waals surface area contributed by atoms with E-state index in [2.05, 4.69) is 35.0 Å². The predicted molar refractivity (Wildman–Crippen MR) is 128 cm³/mol. The molecule has 9 heteroatoms. The Morgan fingerprint density at radius 1 is 1.38 bits per heavy atom. The molecule has 0 saturated heterocycles. The number of aliphatic imine (C=N–C) groups is 2.